The summed E-state index contributed by atoms with van der Waals surface area (Å²) in [7, 11) is 1.86. The average molecular weight is 323 g/mol. The lowest BCUT2D eigenvalue weighted by atomic mass is 10.1. The van der Waals surface area contributed by atoms with Gasteiger partial charge in [-0.05, 0) is 18.2 Å². The fourth-order valence-corrected chi connectivity index (χ4v) is 3.17. The van der Waals surface area contributed by atoms with Gasteiger partial charge in [0.25, 0.3) is 0 Å². The number of thioether (sulfide) groups is 1. The third-order valence-corrected chi connectivity index (χ3v) is 4.51. The van der Waals surface area contributed by atoms with Crippen LogP contribution in [0.4, 0.5) is 0 Å². The molecule has 5 heteroatoms. The Morgan fingerprint density at radius 3 is 2.39 bits per heavy atom. The lowest BCUT2D eigenvalue weighted by Gasteiger charge is -2.04. The molecule has 0 radical (unpaired) electrons. The van der Waals surface area contributed by atoms with Gasteiger partial charge in [0.1, 0.15) is 5.71 Å². The minimum Gasteiger partial charge on any atom is -0.411 e. The molecule has 0 aliphatic rings. The topological polar surface area (TPSA) is 50.4 Å². The molecule has 0 bridgehead atoms. The van der Waals surface area contributed by atoms with Crippen molar-refractivity contribution in [2.75, 3.05) is 5.75 Å². The summed E-state index contributed by atoms with van der Waals surface area (Å²) in [5.41, 5.74) is 3.34. The second-order valence-corrected chi connectivity index (χ2v) is 6.10. The van der Waals surface area contributed by atoms with Crippen molar-refractivity contribution in [3.8, 4) is 11.3 Å². The van der Waals surface area contributed by atoms with Crippen LogP contribution in [-0.2, 0) is 7.05 Å². The van der Waals surface area contributed by atoms with E-state index in [9.17, 15) is 5.21 Å². The minimum absolute atomic E-state index is 0.578. The summed E-state index contributed by atoms with van der Waals surface area (Å²) >= 11 is 1.63. The van der Waals surface area contributed by atoms with Crippen LogP contribution >= 0.6 is 11.8 Å². The molecule has 1 heterocycles. The molecule has 0 saturated carbocycles. The van der Waals surface area contributed by atoms with Gasteiger partial charge < -0.3 is 5.21 Å². The second-order valence-electron chi connectivity index (χ2n) is 5.05. The molecule has 3 rings (SSSR count). The van der Waals surface area contributed by atoms with Gasteiger partial charge in [0.05, 0.1) is 11.4 Å². The summed E-state index contributed by atoms with van der Waals surface area (Å²) in [4.78, 5) is 1.14. The van der Waals surface area contributed by atoms with E-state index in [0.29, 0.717) is 11.5 Å². The highest BCUT2D eigenvalue weighted by Gasteiger charge is 2.13. The molecule has 0 spiro atoms. The van der Waals surface area contributed by atoms with E-state index in [0.717, 1.165) is 21.8 Å². The number of aromatic nitrogens is 2. The maximum atomic E-state index is 9.40. The number of benzene rings is 2. The average Bonchev–Trinajstić information content (AvgIpc) is 2.99. The van der Waals surface area contributed by atoms with Gasteiger partial charge in [-0.3, -0.25) is 4.68 Å². The maximum absolute atomic E-state index is 9.40. The molecule has 0 saturated heterocycles. The van der Waals surface area contributed by atoms with Gasteiger partial charge in [-0.25, -0.2) is 0 Å². The molecule has 0 fully saturated rings. The Labute approximate surface area is 139 Å². The SMILES string of the molecule is Cn1nc(-c2ccccc2)cc1/C(CSc1ccccc1)=N/O. The van der Waals surface area contributed by atoms with E-state index in [1.165, 1.54) is 0 Å². The van der Waals surface area contributed by atoms with Crippen molar-refractivity contribution in [1.82, 2.24) is 9.78 Å². The first-order valence-corrected chi connectivity index (χ1v) is 8.25. The zero-order valence-corrected chi connectivity index (χ0v) is 13.6. The zero-order valence-electron chi connectivity index (χ0n) is 12.8. The third kappa shape index (κ3) is 3.63. The highest BCUT2D eigenvalue weighted by Crippen LogP contribution is 2.22. The first kappa shape index (κ1) is 15.4. The molecule has 4 nitrogen and oxygen atoms in total. The van der Waals surface area contributed by atoms with E-state index >= 15 is 0 Å². The molecule has 116 valence electrons. The van der Waals surface area contributed by atoms with Crippen LogP contribution in [0.25, 0.3) is 11.3 Å². The summed E-state index contributed by atoms with van der Waals surface area (Å²) < 4.78 is 1.75. The van der Waals surface area contributed by atoms with Gasteiger partial charge in [-0.2, -0.15) is 5.10 Å². The molecule has 23 heavy (non-hydrogen) atoms. The first-order chi connectivity index (χ1) is 11.3. The Kier molecular flexibility index (Phi) is 4.78. The Hall–Kier alpha value is -2.53. The number of nitrogens with zero attached hydrogens (tertiary/aromatic N) is 3. The number of rotatable bonds is 5. The standard InChI is InChI=1S/C18H17N3OS/c1-21-18(12-16(19-21)14-8-4-2-5-9-14)17(20-22)13-23-15-10-6-3-7-11-15/h2-12,22H,13H2,1H3/b20-17+. The van der Waals surface area contributed by atoms with Crippen LogP contribution in [0.3, 0.4) is 0 Å². The number of hydrogen-bond donors (Lipinski definition) is 1. The van der Waals surface area contributed by atoms with Crippen molar-refractivity contribution in [3.63, 3.8) is 0 Å². The molecular formula is C18H17N3OS. The fourth-order valence-electron chi connectivity index (χ4n) is 2.31. The van der Waals surface area contributed by atoms with Crippen molar-refractivity contribution in [2.24, 2.45) is 12.2 Å². The summed E-state index contributed by atoms with van der Waals surface area (Å²) in [6, 6.07) is 22.0. The summed E-state index contributed by atoms with van der Waals surface area (Å²) in [6.45, 7) is 0. The van der Waals surface area contributed by atoms with Gasteiger partial charge in [-0.1, -0.05) is 53.7 Å². The number of aryl methyl sites for hydroxylation is 1. The highest BCUT2D eigenvalue weighted by molar-refractivity contribution is 8.00. The Morgan fingerprint density at radius 1 is 1.09 bits per heavy atom. The first-order valence-electron chi connectivity index (χ1n) is 7.26. The van der Waals surface area contributed by atoms with Crippen LogP contribution in [0.15, 0.2) is 76.8 Å². The molecule has 0 amide bonds. The molecule has 0 aliphatic heterocycles. The largest absolute Gasteiger partial charge is 0.411 e. The van der Waals surface area contributed by atoms with Crippen LogP contribution in [-0.4, -0.2) is 26.5 Å². The molecule has 1 aromatic heterocycles. The monoisotopic (exact) mass is 323 g/mol. The maximum Gasteiger partial charge on any atom is 0.115 e. The number of oxime groups is 1. The highest BCUT2D eigenvalue weighted by atomic mass is 32.2. The van der Waals surface area contributed by atoms with Crippen LogP contribution in [0.5, 0.6) is 0 Å². The van der Waals surface area contributed by atoms with Crippen LogP contribution < -0.4 is 0 Å². The minimum atomic E-state index is 0.578. The number of hydrogen-bond acceptors (Lipinski definition) is 4. The summed E-state index contributed by atoms with van der Waals surface area (Å²) in [5.74, 6) is 0.578. The summed E-state index contributed by atoms with van der Waals surface area (Å²) in [6.07, 6.45) is 0. The normalized spacial score (nSPS) is 11.6. The van der Waals surface area contributed by atoms with E-state index in [-0.39, 0.29) is 0 Å². The predicted molar refractivity (Wildman–Crippen MR) is 94.1 cm³/mol. The summed E-state index contributed by atoms with van der Waals surface area (Å²) in [5, 5.41) is 17.4. The van der Waals surface area contributed by atoms with E-state index < -0.39 is 0 Å². The zero-order chi connectivity index (χ0) is 16.1. The lowest BCUT2D eigenvalue weighted by Crippen LogP contribution is -2.10. The molecule has 1 N–H and O–H groups in total. The molecule has 0 aliphatic carbocycles. The quantitative estimate of drug-likeness (QED) is 0.333. The molecular weight excluding hydrogens is 306 g/mol. The van der Waals surface area contributed by atoms with Crippen molar-refractivity contribution < 1.29 is 5.21 Å². The smallest absolute Gasteiger partial charge is 0.115 e. The second kappa shape index (κ2) is 7.15. The van der Waals surface area contributed by atoms with Crippen molar-refractivity contribution in [1.29, 1.82) is 0 Å². The van der Waals surface area contributed by atoms with Crippen molar-refractivity contribution in [3.05, 3.63) is 72.4 Å². The van der Waals surface area contributed by atoms with Crippen LogP contribution in [0.1, 0.15) is 5.69 Å². The lowest BCUT2D eigenvalue weighted by molar-refractivity contribution is 0.319. The van der Waals surface area contributed by atoms with Crippen molar-refractivity contribution >= 4 is 17.5 Å². The van der Waals surface area contributed by atoms with Crippen LogP contribution in [0, 0.1) is 0 Å². The molecule has 0 unspecified atom stereocenters. The van der Waals surface area contributed by atoms with Gasteiger partial charge in [0, 0.05) is 23.3 Å². The van der Waals surface area contributed by atoms with E-state index in [1.54, 1.807) is 16.4 Å². The van der Waals surface area contributed by atoms with Gasteiger partial charge >= 0.3 is 0 Å². The van der Waals surface area contributed by atoms with Gasteiger partial charge in [0.2, 0.25) is 0 Å². The van der Waals surface area contributed by atoms with E-state index in [2.05, 4.69) is 10.3 Å². The van der Waals surface area contributed by atoms with Crippen molar-refractivity contribution in [2.45, 2.75) is 4.90 Å². The Morgan fingerprint density at radius 2 is 1.74 bits per heavy atom. The van der Waals surface area contributed by atoms with Crippen LogP contribution in [0.2, 0.25) is 0 Å². The van der Waals surface area contributed by atoms with Gasteiger partial charge in [0.15, 0.2) is 0 Å². The molecule has 2 aromatic carbocycles. The molecule has 3 aromatic rings. The fraction of sp³-hybridized carbons (Fsp3) is 0.111. The van der Waals surface area contributed by atoms with E-state index in [1.807, 2.05) is 73.8 Å². The third-order valence-electron chi connectivity index (χ3n) is 3.48. The molecule has 0 atom stereocenters. The predicted octanol–water partition coefficient (Wildman–Crippen LogP) is 4.06. The Balaban J connectivity index is 1.81. The van der Waals surface area contributed by atoms with E-state index in [4.69, 9.17) is 0 Å². The Bertz CT molecular complexity index is 798. The van der Waals surface area contributed by atoms with Gasteiger partial charge in [-0.15, -0.1) is 11.8 Å².